The highest BCUT2D eigenvalue weighted by molar-refractivity contribution is 5.47. The van der Waals surface area contributed by atoms with Gasteiger partial charge < -0.3 is 5.32 Å². The largest absolute Gasteiger partial charge is 0.352 e. The number of rotatable bonds is 6. The molecule has 0 bridgehead atoms. The van der Waals surface area contributed by atoms with Gasteiger partial charge in [0.1, 0.15) is 0 Å². The first kappa shape index (κ1) is 10.2. The second kappa shape index (κ2) is 5.96. The normalized spacial score (nSPS) is 12.2. The predicted molar refractivity (Wildman–Crippen MR) is 47.3 cm³/mol. The maximum absolute atomic E-state index is 10.1. The van der Waals surface area contributed by atoms with Crippen LogP contribution in [-0.2, 0) is 4.79 Å². The first-order valence-corrected chi connectivity index (χ1v) is 4.13. The Morgan fingerprint density at radius 2 is 2.27 bits per heavy atom. The number of amides is 1. The Morgan fingerprint density at radius 3 is 2.64 bits per heavy atom. The monoisotopic (exact) mass is 155 g/mol. The molecule has 0 spiro atoms. The van der Waals surface area contributed by atoms with E-state index >= 15 is 0 Å². The molecule has 1 unspecified atom stereocenters. The zero-order valence-electron chi connectivity index (χ0n) is 7.39. The molecule has 0 fully saturated rings. The van der Waals surface area contributed by atoms with Crippen LogP contribution in [-0.4, -0.2) is 12.5 Å². The van der Waals surface area contributed by atoms with Crippen LogP contribution in [0.15, 0.2) is 12.2 Å². The van der Waals surface area contributed by atoms with Crippen molar-refractivity contribution < 1.29 is 4.79 Å². The average Bonchev–Trinajstić information content (AvgIpc) is 2.00. The topological polar surface area (TPSA) is 29.1 Å². The molecule has 0 aliphatic rings. The van der Waals surface area contributed by atoms with E-state index in [4.69, 9.17) is 0 Å². The van der Waals surface area contributed by atoms with Crippen molar-refractivity contribution in [2.75, 3.05) is 0 Å². The van der Waals surface area contributed by atoms with E-state index in [1.807, 2.05) is 6.92 Å². The average molecular weight is 155 g/mol. The fraction of sp³-hybridized carbons (Fsp3) is 0.667. The molecule has 0 aromatic carbocycles. The maximum Gasteiger partial charge on any atom is 0.207 e. The van der Waals surface area contributed by atoms with Gasteiger partial charge in [0.05, 0.1) is 0 Å². The van der Waals surface area contributed by atoms with Gasteiger partial charge in [0.25, 0.3) is 0 Å². The van der Waals surface area contributed by atoms with Crippen molar-refractivity contribution in [1.29, 1.82) is 0 Å². The molecule has 2 nitrogen and oxygen atoms in total. The minimum absolute atomic E-state index is 0.174. The standard InChI is InChI=1S/C9H17NO/c1-4-6-8(3)9(5-2)10-7-11/h7,9H,3-6H2,1-2H3,(H,10,11). The molecule has 0 aromatic rings. The lowest BCUT2D eigenvalue weighted by Gasteiger charge is -2.15. The fourth-order valence-electron chi connectivity index (χ4n) is 1.10. The van der Waals surface area contributed by atoms with Gasteiger partial charge in [-0.3, -0.25) is 4.79 Å². The van der Waals surface area contributed by atoms with Crippen LogP contribution in [0.1, 0.15) is 33.1 Å². The molecule has 0 rings (SSSR count). The summed E-state index contributed by atoms with van der Waals surface area (Å²) < 4.78 is 0. The van der Waals surface area contributed by atoms with Gasteiger partial charge in [-0.05, 0) is 12.8 Å². The number of hydrogen-bond donors (Lipinski definition) is 1. The molecule has 0 aliphatic heterocycles. The second-order valence-electron chi connectivity index (χ2n) is 2.65. The highest BCUT2D eigenvalue weighted by Gasteiger charge is 2.06. The van der Waals surface area contributed by atoms with Crippen LogP contribution in [0.25, 0.3) is 0 Å². The summed E-state index contributed by atoms with van der Waals surface area (Å²) in [5.74, 6) is 0. The van der Waals surface area contributed by atoms with Crippen LogP contribution >= 0.6 is 0 Å². The Hall–Kier alpha value is -0.790. The van der Waals surface area contributed by atoms with Crippen molar-refractivity contribution in [2.24, 2.45) is 0 Å². The number of nitrogens with one attached hydrogen (secondary N) is 1. The van der Waals surface area contributed by atoms with Gasteiger partial charge in [-0.1, -0.05) is 32.4 Å². The Kier molecular flexibility index (Phi) is 5.53. The lowest BCUT2D eigenvalue weighted by Crippen LogP contribution is -2.28. The molecule has 11 heavy (non-hydrogen) atoms. The van der Waals surface area contributed by atoms with Crippen molar-refractivity contribution in [3.05, 3.63) is 12.2 Å². The van der Waals surface area contributed by atoms with Gasteiger partial charge in [0.2, 0.25) is 6.41 Å². The maximum atomic E-state index is 10.1. The zero-order chi connectivity index (χ0) is 8.69. The predicted octanol–water partition coefficient (Wildman–Crippen LogP) is 1.87. The third-order valence-electron chi connectivity index (χ3n) is 1.74. The quantitative estimate of drug-likeness (QED) is 0.460. The van der Waals surface area contributed by atoms with Crippen LogP contribution in [0, 0.1) is 0 Å². The molecule has 0 heterocycles. The minimum Gasteiger partial charge on any atom is -0.352 e. The summed E-state index contributed by atoms with van der Waals surface area (Å²) in [7, 11) is 0. The van der Waals surface area contributed by atoms with Gasteiger partial charge in [0.15, 0.2) is 0 Å². The fourth-order valence-corrected chi connectivity index (χ4v) is 1.10. The van der Waals surface area contributed by atoms with E-state index in [-0.39, 0.29) is 6.04 Å². The second-order valence-corrected chi connectivity index (χ2v) is 2.65. The van der Waals surface area contributed by atoms with E-state index in [1.54, 1.807) is 0 Å². The van der Waals surface area contributed by atoms with Crippen LogP contribution in [0.2, 0.25) is 0 Å². The van der Waals surface area contributed by atoms with Crippen molar-refractivity contribution in [3.8, 4) is 0 Å². The van der Waals surface area contributed by atoms with Crippen molar-refractivity contribution in [1.82, 2.24) is 5.32 Å². The Morgan fingerprint density at radius 1 is 1.64 bits per heavy atom. The van der Waals surface area contributed by atoms with Crippen molar-refractivity contribution in [3.63, 3.8) is 0 Å². The molecule has 0 saturated carbocycles. The highest BCUT2D eigenvalue weighted by Crippen LogP contribution is 2.09. The summed E-state index contributed by atoms with van der Waals surface area (Å²) in [6.45, 7) is 8.07. The highest BCUT2D eigenvalue weighted by atomic mass is 16.1. The number of carbonyl (C=O) groups is 1. The molecule has 0 aromatic heterocycles. The summed E-state index contributed by atoms with van der Waals surface area (Å²) in [4.78, 5) is 10.1. The molecule has 0 aliphatic carbocycles. The molecule has 1 atom stereocenters. The van der Waals surface area contributed by atoms with Crippen LogP contribution in [0.3, 0.4) is 0 Å². The van der Waals surface area contributed by atoms with E-state index in [9.17, 15) is 4.79 Å². The molecule has 2 heteroatoms. The number of carbonyl (C=O) groups excluding carboxylic acids is 1. The van der Waals surface area contributed by atoms with Crippen molar-refractivity contribution >= 4 is 6.41 Å². The molecule has 1 N–H and O–H groups in total. The summed E-state index contributed by atoms with van der Waals surface area (Å²) in [6.07, 6.45) is 3.77. The zero-order valence-corrected chi connectivity index (χ0v) is 7.39. The lowest BCUT2D eigenvalue weighted by atomic mass is 10.0. The van der Waals surface area contributed by atoms with E-state index in [2.05, 4.69) is 18.8 Å². The van der Waals surface area contributed by atoms with Crippen LogP contribution in [0.5, 0.6) is 0 Å². The SMILES string of the molecule is C=C(CCC)C(CC)NC=O. The first-order valence-electron chi connectivity index (χ1n) is 4.13. The van der Waals surface area contributed by atoms with E-state index in [0.29, 0.717) is 0 Å². The van der Waals surface area contributed by atoms with E-state index in [0.717, 1.165) is 31.2 Å². The summed E-state index contributed by atoms with van der Waals surface area (Å²) in [5.41, 5.74) is 1.13. The van der Waals surface area contributed by atoms with Gasteiger partial charge in [-0.15, -0.1) is 0 Å². The third-order valence-corrected chi connectivity index (χ3v) is 1.74. The molecule has 1 amide bonds. The minimum atomic E-state index is 0.174. The molecule has 0 saturated heterocycles. The summed E-state index contributed by atoms with van der Waals surface area (Å²) >= 11 is 0. The van der Waals surface area contributed by atoms with Crippen LogP contribution < -0.4 is 5.32 Å². The van der Waals surface area contributed by atoms with Gasteiger partial charge in [0, 0.05) is 6.04 Å². The van der Waals surface area contributed by atoms with E-state index in [1.165, 1.54) is 0 Å². The molecule has 64 valence electrons. The Bertz CT molecular complexity index is 132. The van der Waals surface area contributed by atoms with Gasteiger partial charge >= 0.3 is 0 Å². The molecule has 0 radical (unpaired) electrons. The molecular formula is C9H17NO. The van der Waals surface area contributed by atoms with Crippen molar-refractivity contribution in [2.45, 2.75) is 39.2 Å². The summed E-state index contributed by atoms with van der Waals surface area (Å²) in [5, 5.41) is 2.74. The van der Waals surface area contributed by atoms with E-state index < -0.39 is 0 Å². The Balaban J connectivity index is 3.80. The Labute approximate surface area is 68.7 Å². The summed E-state index contributed by atoms with van der Waals surface area (Å²) in [6, 6.07) is 0.174. The smallest absolute Gasteiger partial charge is 0.207 e. The number of hydrogen-bond acceptors (Lipinski definition) is 1. The van der Waals surface area contributed by atoms with Crippen LogP contribution in [0.4, 0.5) is 0 Å². The van der Waals surface area contributed by atoms with Gasteiger partial charge in [-0.2, -0.15) is 0 Å². The third kappa shape index (κ3) is 3.81. The lowest BCUT2D eigenvalue weighted by molar-refractivity contribution is -0.110. The first-order chi connectivity index (χ1) is 5.26. The van der Waals surface area contributed by atoms with Gasteiger partial charge in [-0.25, -0.2) is 0 Å². The molecular weight excluding hydrogens is 138 g/mol.